The third-order valence-corrected chi connectivity index (χ3v) is 3.05. The Morgan fingerprint density at radius 1 is 1.39 bits per heavy atom. The van der Waals surface area contributed by atoms with Gasteiger partial charge in [-0.2, -0.15) is 0 Å². The molecule has 1 unspecified atom stereocenters. The van der Waals surface area contributed by atoms with Crippen molar-refractivity contribution >= 4 is 5.91 Å². The van der Waals surface area contributed by atoms with Gasteiger partial charge in [-0.1, -0.05) is 39.0 Å². The molecule has 100 valence electrons. The van der Waals surface area contributed by atoms with E-state index in [-0.39, 0.29) is 11.3 Å². The largest absolute Gasteiger partial charge is 0.384 e. The molecule has 0 saturated carbocycles. The predicted octanol–water partition coefficient (Wildman–Crippen LogP) is 2.29. The van der Waals surface area contributed by atoms with Crippen LogP contribution in [0.3, 0.4) is 0 Å². The molecule has 0 saturated heterocycles. The first kappa shape index (κ1) is 14.7. The van der Waals surface area contributed by atoms with Crippen LogP contribution in [0, 0.1) is 6.92 Å². The second kappa shape index (κ2) is 5.53. The molecule has 0 aliphatic rings. The lowest BCUT2D eigenvalue weighted by Gasteiger charge is -2.21. The van der Waals surface area contributed by atoms with Crippen molar-refractivity contribution in [2.24, 2.45) is 0 Å². The zero-order chi connectivity index (χ0) is 13.9. The summed E-state index contributed by atoms with van der Waals surface area (Å²) in [6.07, 6.45) is -0.962. The molecule has 3 nitrogen and oxygen atoms in total. The fraction of sp³-hybridized carbons (Fsp3) is 0.533. The van der Waals surface area contributed by atoms with Gasteiger partial charge in [-0.3, -0.25) is 4.79 Å². The van der Waals surface area contributed by atoms with Crippen LogP contribution in [0.2, 0.25) is 0 Å². The number of rotatable bonds is 3. The number of amides is 1. The maximum absolute atomic E-state index is 11.3. The van der Waals surface area contributed by atoms with Gasteiger partial charge < -0.3 is 10.4 Å². The summed E-state index contributed by atoms with van der Waals surface area (Å²) in [6, 6.07) is 6.32. The average Bonchev–Trinajstić information content (AvgIpc) is 2.25. The number of benzene rings is 1. The van der Waals surface area contributed by atoms with Crippen LogP contribution in [0.25, 0.3) is 0 Å². The van der Waals surface area contributed by atoms with Crippen LogP contribution in [0.5, 0.6) is 0 Å². The van der Waals surface area contributed by atoms with Crippen molar-refractivity contribution in [2.75, 3.05) is 0 Å². The number of hydrogen-bond acceptors (Lipinski definition) is 2. The Bertz CT molecular complexity index is 431. The Labute approximate surface area is 109 Å². The maximum Gasteiger partial charge on any atom is 0.248 e. The molecule has 0 radical (unpaired) electrons. The van der Waals surface area contributed by atoms with E-state index in [2.05, 4.69) is 44.3 Å². The van der Waals surface area contributed by atoms with Gasteiger partial charge in [0.2, 0.25) is 5.91 Å². The molecule has 3 heteroatoms. The minimum absolute atomic E-state index is 0.0940. The summed E-state index contributed by atoms with van der Waals surface area (Å²) in [5, 5.41) is 11.9. The third-order valence-electron chi connectivity index (χ3n) is 3.05. The standard InChI is InChI=1S/C15H23NO2/c1-10-6-7-13(15(3,4)5)8-12(10)9-16-14(18)11(2)17/h6-8,11,17H,9H2,1-5H3,(H,16,18). The summed E-state index contributed by atoms with van der Waals surface area (Å²) in [5.41, 5.74) is 3.58. The second-order valence-corrected chi connectivity index (χ2v) is 5.79. The number of aryl methyl sites for hydroxylation is 1. The van der Waals surface area contributed by atoms with Gasteiger partial charge in [-0.05, 0) is 36.0 Å². The van der Waals surface area contributed by atoms with Gasteiger partial charge in [0.25, 0.3) is 0 Å². The van der Waals surface area contributed by atoms with Gasteiger partial charge >= 0.3 is 0 Å². The van der Waals surface area contributed by atoms with Crippen molar-refractivity contribution in [2.45, 2.75) is 52.7 Å². The summed E-state index contributed by atoms with van der Waals surface area (Å²) in [6.45, 7) is 10.4. The third kappa shape index (κ3) is 3.84. The van der Waals surface area contributed by atoms with Crippen LogP contribution in [0.1, 0.15) is 44.4 Å². The molecule has 0 bridgehead atoms. The smallest absolute Gasteiger partial charge is 0.248 e. The van der Waals surface area contributed by atoms with Crippen LogP contribution in [-0.2, 0) is 16.8 Å². The number of nitrogens with one attached hydrogen (secondary N) is 1. The highest BCUT2D eigenvalue weighted by molar-refractivity contribution is 5.79. The van der Waals surface area contributed by atoms with Crippen molar-refractivity contribution in [3.05, 3.63) is 34.9 Å². The molecule has 0 aliphatic carbocycles. The molecule has 0 spiro atoms. The highest BCUT2D eigenvalue weighted by atomic mass is 16.3. The van der Waals surface area contributed by atoms with Crippen molar-refractivity contribution in [3.63, 3.8) is 0 Å². The minimum Gasteiger partial charge on any atom is -0.384 e. The summed E-state index contributed by atoms with van der Waals surface area (Å²) in [7, 11) is 0. The highest BCUT2D eigenvalue weighted by Crippen LogP contribution is 2.24. The number of aliphatic hydroxyl groups is 1. The van der Waals surface area contributed by atoms with E-state index in [0.717, 1.165) is 11.1 Å². The quantitative estimate of drug-likeness (QED) is 0.863. The normalized spacial score (nSPS) is 13.2. The van der Waals surface area contributed by atoms with Gasteiger partial charge in [-0.15, -0.1) is 0 Å². The van der Waals surface area contributed by atoms with E-state index in [1.165, 1.54) is 12.5 Å². The molecule has 18 heavy (non-hydrogen) atoms. The first-order chi connectivity index (χ1) is 8.21. The topological polar surface area (TPSA) is 49.3 Å². The van der Waals surface area contributed by atoms with Crippen molar-refractivity contribution in [1.82, 2.24) is 5.32 Å². The van der Waals surface area contributed by atoms with E-state index in [1.54, 1.807) is 0 Å². The molecule has 1 atom stereocenters. The maximum atomic E-state index is 11.3. The van der Waals surface area contributed by atoms with E-state index >= 15 is 0 Å². The number of hydrogen-bond donors (Lipinski definition) is 2. The highest BCUT2D eigenvalue weighted by Gasteiger charge is 2.15. The lowest BCUT2D eigenvalue weighted by atomic mass is 9.85. The fourth-order valence-corrected chi connectivity index (χ4v) is 1.66. The van der Waals surface area contributed by atoms with E-state index < -0.39 is 6.10 Å². The van der Waals surface area contributed by atoms with Gasteiger partial charge in [0.1, 0.15) is 6.10 Å². The Morgan fingerprint density at radius 2 is 2.00 bits per heavy atom. The van der Waals surface area contributed by atoms with E-state index in [1.807, 2.05) is 6.92 Å². The first-order valence-electron chi connectivity index (χ1n) is 6.27. The SMILES string of the molecule is Cc1ccc(C(C)(C)C)cc1CNC(=O)C(C)O. The molecule has 1 rings (SSSR count). The molecule has 0 heterocycles. The molecule has 0 aromatic heterocycles. The zero-order valence-electron chi connectivity index (χ0n) is 11.9. The van der Waals surface area contributed by atoms with Gasteiger partial charge in [-0.25, -0.2) is 0 Å². The van der Waals surface area contributed by atoms with Crippen LogP contribution in [-0.4, -0.2) is 17.1 Å². The average molecular weight is 249 g/mol. The molecule has 1 aromatic carbocycles. The van der Waals surface area contributed by atoms with Crippen molar-refractivity contribution in [1.29, 1.82) is 0 Å². The van der Waals surface area contributed by atoms with Crippen molar-refractivity contribution in [3.8, 4) is 0 Å². The predicted molar refractivity (Wildman–Crippen MR) is 73.4 cm³/mol. The van der Waals surface area contributed by atoms with Crippen LogP contribution < -0.4 is 5.32 Å². The molecule has 1 amide bonds. The van der Waals surface area contributed by atoms with Gasteiger partial charge in [0, 0.05) is 6.54 Å². The zero-order valence-corrected chi connectivity index (χ0v) is 11.9. The summed E-state index contributed by atoms with van der Waals surface area (Å²) in [4.78, 5) is 11.3. The number of aliphatic hydroxyl groups excluding tert-OH is 1. The minimum atomic E-state index is -0.962. The molecule has 0 fully saturated rings. The lowest BCUT2D eigenvalue weighted by molar-refractivity contribution is -0.128. The van der Waals surface area contributed by atoms with E-state index in [0.29, 0.717) is 6.54 Å². The molecular weight excluding hydrogens is 226 g/mol. The van der Waals surface area contributed by atoms with Crippen LogP contribution in [0.15, 0.2) is 18.2 Å². The molecular formula is C15H23NO2. The van der Waals surface area contributed by atoms with Crippen molar-refractivity contribution < 1.29 is 9.90 Å². The monoisotopic (exact) mass is 249 g/mol. The molecule has 2 N–H and O–H groups in total. The Hall–Kier alpha value is -1.35. The van der Waals surface area contributed by atoms with Gasteiger partial charge in [0.05, 0.1) is 0 Å². The Kier molecular flexibility index (Phi) is 4.52. The molecule has 0 aliphatic heterocycles. The summed E-state index contributed by atoms with van der Waals surface area (Å²) < 4.78 is 0. The Balaban J connectivity index is 2.85. The first-order valence-corrected chi connectivity index (χ1v) is 6.27. The Morgan fingerprint density at radius 3 is 2.50 bits per heavy atom. The molecule has 1 aromatic rings. The fourth-order valence-electron chi connectivity index (χ4n) is 1.66. The number of carbonyl (C=O) groups excluding carboxylic acids is 1. The summed E-state index contributed by atoms with van der Waals surface area (Å²) in [5.74, 6) is -0.337. The van der Waals surface area contributed by atoms with E-state index in [4.69, 9.17) is 5.11 Å². The van der Waals surface area contributed by atoms with E-state index in [9.17, 15) is 4.79 Å². The van der Waals surface area contributed by atoms with Gasteiger partial charge in [0.15, 0.2) is 0 Å². The second-order valence-electron chi connectivity index (χ2n) is 5.79. The number of carbonyl (C=O) groups is 1. The lowest BCUT2D eigenvalue weighted by Crippen LogP contribution is -2.32. The van der Waals surface area contributed by atoms with Crippen LogP contribution >= 0.6 is 0 Å². The van der Waals surface area contributed by atoms with Crippen LogP contribution in [0.4, 0.5) is 0 Å². The summed E-state index contributed by atoms with van der Waals surface area (Å²) >= 11 is 0.